The summed E-state index contributed by atoms with van der Waals surface area (Å²) in [5, 5.41) is 0.953. The predicted molar refractivity (Wildman–Crippen MR) is 252 cm³/mol. The largest absolute Gasteiger partial charge is 0.497 e. The first-order valence-electron chi connectivity index (χ1n) is 24.6. The molecule has 4 aliphatic carbocycles. The summed E-state index contributed by atoms with van der Waals surface area (Å²) in [6.45, 7) is 7.20. The molecule has 2 saturated heterocycles. The fourth-order valence-corrected chi connectivity index (χ4v) is 12.9. The first kappa shape index (κ1) is 45.7. The molecule has 10 atom stereocenters. The Balaban J connectivity index is 0.973. The van der Waals surface area contributed by atoms with E-state index in [1.807, 2.05) is 55.5 Å². The van der Waals surface area contributed by atoms with Crippen LogP contribution in [-0.4, -0.2) is 105 Å². The smallest absolute Gasteiger partial charge is 0.306 e. The zero-order chi connectivity index (χ0) is 46.6. The number of nitrogens with one attached hydrogen (secondary N) is 1. The van der Waals surface area contributed by atoms with Gasteiger partial charge in [0.2, 0.25) is 27.7 Å². The van der Waals surface area contributed by atoms with Crippen molar-refractivity contribution in [2.24, 2.45) is 40.9 Å². The number of morpholine rings is 1. The van der Waals surface area contributed by atoms with Gasteiger partial charge in [0.15, 0.2) is 5.78 Å². The Bertz CT molecular complexity index is 2530. The number of anilines is 1. The molecule has 4 saturated carbocycles. The number of allylic oxidation sites excluding steroid dienone is 2. The summed E-state index contributed by atoms with van der Waals surface area (Å²) in [7, 11) is -2.27. The van der Waals surface area contributed by atoms with Crippen molar-refractivity contribution in [3.05, 3.63) is 60.7 Å². The van der Waals surface area contributed by atoms with E-state index in [0.717, 1.165) is 60.8 Å². The molecule has 14 nitrogen and oxygen atoms in total. The lowest BCUT2D eigenvalue weighted by Gasteiger charge is -2.32. The Morgan fingerprint density at radius 1 is 0.925 bits per heavy atom. The number of carbonyl (C=O) groups excluding carboxylic acids is 4. The Morgan fingerprint density at radius 3 is 2.42 bits per heavy atom. The van der Waals surface area contributed by atoms with E-state index in [4.69, 9.17) is 23.9 Å². The van der Waals surface area contributed by atoms with Crippen LogP contribution in [0, 0.1) is 40.9 Å². The minimum Gasteiger partial charge on any atom is -0.497 e. The second-order valence-electron chi connectivity index (χ2n) is 20.8. The molecule has 358 valence electrons. The number of hydrogen-bond donors (Lipinski definition) is 1. The third-order valence-corrected chi connectivity index (χ3v) is 17.7. The van der Waals surface area contributed by atoms with E-state index in [2.05, 4.69) is 28.7 Å². The van der Waals surface area contributed by atoms with E-state index in [1.165, 1.54) is 6.42 Å². The molecule has 1 unspecified atom stereocenters. The molecule has 1 aromatic heterocycles. The third-order valence-electron chi connectivity index (χ3n) is 15.9. The van der Waals surface area contributed by atoms with Crippen molar-refractivity contribution in [2.45, 2.75) is 114 Å². The van der Waals surface area contributed by atoms with Crippen LogP contribution in [0.1, 0.15) is 90.9 Å². The maximum Gasteiger partial charge on any atom is 0.306 e. The van der Waals surface area contributed by atoms with Crippen molar-refractivity contribution < 1.29 is 46.5 Å². The summed E-state index contributed by atoms with van der Waals surface area (Å²) in [4.78, 5) is 67.1. The van der Waals surface area contributed by atoms with Crippen molar-refractivity contribution in [1.82, 2.24) is 14.6 Å². The topological polar surface area (TPSA) is 171 Å². The van der Waals surface area contributed by atoms with Gasteiger partial charge in [-0.05, 0) is 129 Å². The monoisotopic (exact) mass is 936 g/mol. The highest BCUT2D eigenvalue weighted by molar-refractivity contribution is 7.90. The molecule has 3 aromatic rings. The van der Waals surface area contributed by atoms with Gasteiger partial charge in [0.1, 0.15) is 18.0 Å². The number of sulfonamides is 1. The average Bonchev–Trinajstić information content (AvgIpc) is 4.28. The number of pyridine rings is 1. The first-order chi connectivity index (χ1) is 32.3. The van der Waals surface area contributed by atoms with E-state index < -0.39 is 50.6 Å². The maximum absolute atomic E-state index is 15.3. The normalized spacial score (nSPS) is 32.6. The molecular formula is C52H64N4O10S. The number of ether oxygens (including phenoxy) is 4. The van der Waals surface area contributed by atoms with Crippen LogP contribution in [0.25, 0.3) is 22.0 Å². The van der Waals surface area contributed by atoms with Crippen LogP contribution in [0.4, 0.5) is 5.69 Å². The van der Waals surface area contributed by atoms with E-state index in [1.54, 1.807) is 12.0 Å². The minimum absolute atomic E-state index is 0.0471. The molecule has 6 fully saturated rings. The molecule has 15 heteroatoms. The van der Waals surface area contributed by atoms with Gasteiger partial charge in [0.05, 0.1) is 61.6 Å². The van der Waals surface area contributed by atoms with E-state index >= 15 is 4.79 Å². The van der Waals surface area contributed by atoms with E-state index in [0.29, 0.717) is 68.1 Å². The van der Waals surface area contributed by atoms with Crippen molar-refractivity contribution in [1.29, 1.82) is 0 Å². The Morgan fingerprint density at radius 2 is 1.69 bits per heavy atom. The van der Waals surface area contributed by atoms with Gasteiger partial charge in [0, 0.05) is 42.6 Å². The Kier molecular flexibility index (Phi) is 12.6. The van der Waals surface area contributed by atoms with Gasteiger partial charge in [0.25, 0.3) is 0 Å². The molecule has 0 spiro atoms. The average molecular weight is 937 g/mol. The van der Waals surface area contributed by atoms with Crippen LogP contribution >= 0.6 is 0 Å². The van der Waals surface area contributed by atoms with E-state index in [-0.39, 0.29) is 61.4 Å². The lowest BCUT2D eigenvalue weighted by molar-refractivity contribution is -0.155. The molecule has 0 radical (unpaired) electrons. The lowest BCUT2D eigenvalue weighted by Crippen LogP contribution is -2.47. The number of ketones is 1. The number of carbonyl (C=O) groups is 4. The van der Waals surface area contributed by atoms with Crippen molar-refractivity contribution >= 4 is 50.1 Å². The number of aromatic nitrogens is 1. The predicted octanol–water partition coefficient (Wildman–Crippen LogP) is 7.03. The standard InChI is InChI=1S/C52H64N4O10S/c1-31-6-4-5-7-37-28-52(37,51(60)54-67(61,62)42-13-14-42)29-47(57)46-26-41(30-56(46)50(59)44(32(2)20-31)27-48(58)65-40-22-34-21-35(34)23-40)66-49-43-15-12-39(63-3)24-36(43)25-45(53-49)33-8-10-38(11-9-33)55-16-18-64-19-17-55/h5,7-12,15,24-25,31-32,34-35,37,40-42,44,46H,4,6,13-14,16-23,26-30H2,1-3H3,(H,54,60)/b7-5-/t31-,32-,34-,35+,37-,40?,41-,44+,46+,52-/m1/s1. The first-order valence-corrected chi connectivity index (χ1v) is 26.2. The SMILES string of the molecule is COc1ccc2c(O[C@@H]3C[C@H]4C(=O)C[C@]5(C(=O)NS(=O)(=O)C6CC6)C[C@H]5/C=C\CC[C@@H](C)C[C@@H](C)[C@H](CC(=O)OC5C[C@@H]6C[C@@H]6C5)C(=O)N4C3)nc(-c3ccc(N4CCOCC4)cc3)cc2c1. The molecule has 2 aromatic carbocycles. The zero-order valence-electron chi connectivity index (χ0n) is 38.9. The second-order valence-corrected chi connectivity index (χ2v) is 22.7. The summed E-state index contributed by atoms with van der Waals surface area (Å²) < 4.78 is 52.6. The fraction of sp³-hybridized carbons (Fsp3) is 0.596. The highest BCUT2D eigenvalue weighted by Crippen LogP contribution is 2.57. The molecular weight excluding hydrogens is 873 g/mol. The number of hydrogen-bond acceptors (Lipinski definition) is 12. The van der Waals surface area contributed by atoms with Gasteiger partial charge in [-0.1, -0.05) is 38.1 Å². The number of methoxy groups -OCH3 is 1. The van der Waals surface area contributed by atoms with Gasteiger partial charge < -0.3 is 28.7 Å². The van der Waals surface area contributed by atoms with Crippen LogP contribution in [0.5, 0.6) is 11.6 Å². The summed E-state index contributed by atoms with van der Waals surface area (Å²) in [6, 6.07) is 14.9. The number of fused-ring (bicyclic) bond motifs is 4. The maximum atomic E-state index is 15.3. The minimum atomic E-state index is -3.88. The summed E-state index contributed by atoms with van der Waals surface area (Å²) in [5.41, 5.74) is 1.38. The quantitative estimate of drug-likeness (QED) is 0.154. The lowest BCUT2D eigenvalue weighted by atomic mass is 9.82. The van der Waals surface area contributed by atoms with Crippen LogP contribution in [0.3, 0.4) is 0 Å². The number of Topliss-reactive ketones (excluding diaryl/α,β-unsaturated/α-hetero) is 1. The number of amides is 2. The highest BCUT2D eigenvalue weighted by Gasteiger charge is 2.62. The van der Waals surface area contributed by atoms with Gasteiger partial charge >= 0.3 is 5.97 Å². The van der Waals surface area contributed by atoms with Gasteiger partial charge in [-0.3, -0.25) is 23.9 Å². The Hall–Kier alpha value is -5.02. The molecule has 67 heavy (non-hydrogen) atoms. The molecule has 10 rings (SSSR count). The molecule has 1 N–H and O–H groups in total. The summed E-state index contributed by atoms with van der Waals surface area (Å²) in [6.07, 6.45) is 9.44. The van der Waals surface area contributed by atoms with Crippen LogP contribution in [0.2, 0.25) is 0 Å². The fourth-order valence-electron chi connectivity index (χ4n) is 11.5. The van der Waals surface area contributed by atoms with Crippen LogP contribution in [0.15, 0.2) is 60.7 Å². The molecule has 3 aliphatic heterocycles. The summed E-state index contributed by atoms with van der Waals surface area (Å²) >= 11 is 0. The Labute approximate surface area is 393 Å². The van der Waals surface area contributed by atoms with Crippen molar-refractivity contribution in [3.8, 4) is 22.9 Å². The highest BCUT2D eigenvalue weighted by atomic mass is 32.2. The molecule has 7 aliphatic rings. The number of rotatable bonds is 11. The van der Waals surface area contributed by atoms with Crippen LogP contribution in [-0.2, 0) is 38.7 Å². The van der Waals surface area contributed by atoms with Gasteiger partial charge in [-0.15, -0.1) is 0 Å². The second kappa shape index (κ2) is 18.5. The van der Waals surface area contributed by atoms with Crippen molar-refractivity contribution in [3.63, 3.8) is 0 Å². The van der Waals surface area contributed by atoms with Crippen molar-refractivity contribution in [2.75, 3.05) is 44.9 Å². The van der Waals surface area contributed by atoms with E-state index in [9.17, 15) is 22.8 Å². The molecule has 4 heterocycles. The van der Waals surface area contributed by atoms with Crippen LogP contribution < -0.4 is 19.1 Å². The molecule has 2 amide bonds. The number of benzene rings is 2. The third kappa shape index (κ3) is 9.82. The number of nitrogens with zero attached hydrogens (tertiary/aromatic N) is 3. The number of esters is 1. The van der Waals surface area contributed by atoms with Gasteiger partial charge in [-0.2, -0.15) is 0 Å². The summed E-state index contributed by atoms with van der Waals surface area (Å²) in [5.74, 6) is -0.547. The molecule has 0 bridgehead atoms. The zero-order valence-corrected chi connectivity index (χ0v) is 39.7. The van der Waals surface area contributed by atoms with Gasteiger partial charge in [-0.25, -0.2) is 13.4 Å².